The summed E-state index contributed by atoms with van der Waals surface area (Å²) in [5.74, 6) is 0.459. The Labute approximate surface area is 130 Å². The van der Waals surface area contributed by atoms with E-state index in [0.717, 1.165) is 38.9 Å². The van der Waals surface area contributed by atoms with Crippen LogP contribution in [0.3, 0.4) is 0 Å². The van der Waals surface area contributed by atoms with E-state index in [1.807, 2.05) is 23.5 Å². The molecule has 4 heteroatoms. The van der Waals surface area contributed by atoms with Gasteiger partial charge in [0.1, 0.15) is 0 Å². The predicted octanol–water partition coefficient (Wildman–Crippen LogP) is 3.34. The van der Waals surface area contributed by atoms with Crippen LogP contribution < -0.4 is 5.32 Å². The van der Waals surface area contributed by atoms with Crippen molar-refractivity contribution in [3.05, 3.63) is 46.7 Å². The fourth-order valence-electron chi connectivity index (χ4n) is 2.21. The number of unbranched alkanes of at least 4 members (excludes halogenated alkanes) is 1. The third-order valence-corrected chi connectivity index (χ3v) is 4.39. The number of ether oxygens (including phenoxy) is 1. The lowest BCUT2D eigenvalue weighted by molar-refractivity contribution is -0.116. The van der Waals surface area contributed by atoms with Crippen molar-refractivity contribution in [2.24, 2.45) is 5.92 Å². The van der Waals surface area contributed by atoms with E-state index in [-0.39, 0.29) is 5.91 Å². The van der Waals surface area contributed by atoms with Gasteiger partial charge < -0.3 is 10.1 Å². The lowest BCUT2D eigenvalue weighted by Crippen LogP contribution is -2.27. The summed E-state index contributed by atoms with van der Waals surface area (Å²) in [6.45, 7) is 2.31. The number of nitrogens with one attached hydrogen (secondary N) is 1. The molecule has 1 aliphatic rings. The van der Waals surface area contributed by atoms with Crippen molar-refractivity contribution in [1.82, 2.24) is 5.32 Å². The molecule has 21 heavy (non-hydrogen) atoms. The van der Waals surface area contributed by atoms with Gasteiger partial charge in [0.2, 0.25) is 5.91 Å². The van der Waals surface area contributed by atoms with Gasteiger partial charge in [-0.15, -0.1) is 11.3 Å². The lowest BCUT2D eigenvalue weighted by Gasteiger charge is -2.06. The van der Waals surface area contributed by atoms with E-state index in [9.17, 15) is 4.79 Å². The van der Waals surface area contributed by atoms with Gasteiger partial charge in [-0.2, -0.15) is 0 Å². The molecule has 1 N–H and O–H groups in total. The molecule has 0 bridgehead atoms. The maximum absolute atomic E-state index is 11.6. The average Bonchev–Trinajstić information content (AvgIpc) is 3.17. The van der Waals surface area contributed by atoms with Gasteiger partial charge in [0.05, 0.1) is 6.61 Å². The second-order valence-electron chi connectivity index (χ2n) is 5.23. The number of hydrogen-bond donors (Lipinski definition) is 1. The van der Waals surface area contributed by atoms with Gasteiger partial charge in [-0.25, -0.2) is 0 Å². The zero-order chi connectivity index (χ0) is 14.8. The first kappa shape index (κ1) is 16.0. The molecule has 0 radical (unpaired) electrons. The average molecular weight is 305 g/mol. The molecule has 2 heterocycles. The van der Waals surface area contributed by atoms with E-state index < -0.39 is 0 Å². The van der Waals surface area contributed by atoms with Crippen LogP contribution >= 0.6 is 11.3 Å². The molecular weight excluding hydrogens is 282 g/mol. The molecule has 0 aromatic carbocycles. The fourth-order valence-corrected chi connectivity index (χ4v) is 2.97. The van der Waals surface area contributed by atoms with E-state index in [1.165, 1.54) is 4.88 Å². The number of aryl methyl sites for hydroxylation is 1. The van der Waals surface area contributed by atoms with E-state index >= 15 is 0 Å². The van der Waals surface area contributed by atoms with Crippen molar-refractivity contribution in [1.29, 1.82) is 0 Å². The summed E-state index contributed by atoms with van der Waals surface area (Å²) in [5, 5.41) is 5.02. The minimum absolute atomic E-state index is 0.0230. The summed E-state index contributed by atoms with van der Waals surface area (Å²) in [5.41, 5.74) is 0. The minimum atomic E-state index is -0.0230. The van der Waals surface area contributed by atoms with Crippen LogP contribution in [0.5, 0.6) is 0 Å². The highest BCUT2D eigenvalue weighted by Crippen LogP contribution is 2.12. The second kappa shape index (κ2) is 9.53. The van der Waals surface area contributed by atoms with Gasteiger partial charge in [0.25, 0.3) is 0 Å². The summed E-state index contributed by atoms with van der Waals surface area (Å²) >= 11 is 1.81. The topological polar surface area (TPSA) is 38.3 Å². The summed E-state index contributed by atoms with van der Waals surface area (Å²) in [7, 11) is 0. The quantitative estimate of drug-likeness (QED) is 0.454. The van der Waals surface area contributed by atoms with Gasteiger partial charge in [0, 0.05) is 30.0 Å². The maximum Gasteiger partial charge on any atom is 0.243 e. The zero-order valence-electron chi connectivity index (χ0n) is 12.3. The molecule has 2 rings (SSSR count). The number of carbonyl (C=O) groups is 1. The summed E-state index contributed by atoms with van der Waals surface area (Å²) < 4.78 is 5.27. The Morgan fingerprint density at radius 3 is 3.19 bits per heavy atom. The SMILES string of the molecule is O=C(C=CC=CCCCc1cccs1)NCC1CCOC1. The largest absolute Gasteiger partial charge is 0.381 e. The van der Waals surface area contributed by atoms with E-state index in [1.54, 1.807) is 6.08 Å². The van der Waals surface area contributed by atoms with Gasteiger partial charge in [-0.1, -0.05) is 24.3 Å². The van der Waals surface area contributed by atoms with Crippen molar-refractivity contribution < 1.29 is 9.53 Å². The molecule has 3 nitrogen and oxygen atoms in total. The highest BCUT2D eigenvalue weighted by Gasteiger charge is 2.15. The first-order valence-electron chi connectivity index (χ1n) is 7.56. The Morgan fingerprint density at radius 1 is 1.48 bits per heavy atom. The van der Waals surface area contributed by atoms with Crippen molar-refractivity contribution in [3.8, 4) is 0 Å². The smallest absolute Gasteiger partial charge is 0.243 e. The van der Waals surface area contributed by atoms with Crippen LogP contribution in [0.25, 0.3) is 0 Å². The summed E-state index contributed by atoms with van der Waals surface area (Å²) in [4.78, 5) is 13.0. The molecule has 1 atom stereocenters. The number of allylic oxidation sites excluding steroid dienone is 3. The molecule has 1 aromatic rings. The van der Waals surface area contributed by atoms with Gasteiger partial charge >= 0.3 is 0 Å². The normalized spacial score (nSPS) is 18.8. The predicted molar refractivity (Wildman–Crippen MR) is 87.5 cm³/mol. The Balaban J connectivity index is 1.51. The third kappa shape index (κ3) is 6.74. The van der Waals surface area contributed by atoms with Crippen molar-refractivity contribution in [3.63, 3.8) is 0 Å². The van der Waals surface area contributed by atoms with Gasteiger partial charge in [-0.05, 0) is 37.1 Å². The molecular formula is C17H23NO2S. The Hall–Kier alpha value is -1.39. The maximum atomic E-state index is 11.6. The van der Waals surface area contributed by atoms with Crippen LogP contribution in [0.15, 0.2) is 41.8 Å². The Bertz CT molecular complexity index is 459. The van der Waals surface area contributed by atoms with Crippen LogP contribution in [-0.2, 0) is 16.0 Å². The molecule has 1 amide bonds. The molecule has 0 aliphatic carbocycles. The van der Waals surface area contributed by atoms with Crippen molar-refractivity contribution in [2.75, 3.05) is 19.8 Å². The van der Waals surface area contributed by atoms with Crippen molar-refractivity contribution in [2.45, 2.75) is 25.7 Å². The summed E-state index contributed by atoms with van der Waals surface area (Å²) in [6, 6.07) is 4.27. The number of amides is 1. The van der Waals surface area contributed by atoms with E-state index in [2.05, 4.69) is 28.9 Å². The molecule has 1 aliphatic heterocycles. The monoisotopic (exact) mass is 305 g/mol. The first-order chi connectivity index (χ1) is 10.3. The summed E-state index contributed by atoms with van der Waals surface area (Å²) in [6.07, 6.45) is 11.8. The van der Waals surface area contributed by atoms with E-state index in [4.69, 9.17) is 4.74 Å². The van der Waals surface area contributed by atoms with Crippen LogP contribution in [0, 0.1) is 5.92 Å². The van der Waals surface area contributed by atoms with E-state index in [0.29, 0.717) is 12.5 Å². The van der Waals surface area contributed by atoms with Crippen LogP contribution in [0.2, 0.25) is 0 Å². The second-order valence-corrected chi connectivity index (χ2v) is 6.27. The molecule has 1 fully saturated rings. The fraction of sp³-hybridized carbons (Fsp3) is 0.471. The molecule has 1 saturated heterocycles. The third-order valence-electron chi connectivity index (χ3n) is 3.46. The number of rotatable bonds is 8. The first-order valence-corrected chi connectivity index (χ1v) is 8.44. The number of carbonyl (C=O) groups excluding carboxylic acids is 1. The Kier molecular flexibility index (Phi) is 7.25. The molecule has 0 saturated carbocycles. The van der Waals surface area contributed by atoms with Gasteiger partial charge in [-0.3, -0.25) is 4.79 Å². The standard InChI is InChI=1S/C17H23NO2S/c19-17(18-13-15-10-11-20-14-15)9-5-3-1-2-4-7-16-8-6-12-21-16/h1,3,5-6,8-9,12,15H,2,4,7,10-11,13-14H2,(H,18,19). The Morgan fingerprint density at radius 2 is 2.43 bits per heavy atom. The molecule has 1 aromatic heterocycles. The van der Waals surface area contributed by atoms with Gasteiger partial charge in [0.15, 0.2) is 0 Å². The highest BCUT2D eigenvalue weighted by molar-refractivity contribution is 7.09. The van der Waals surface area contributed by atoms with Crippen LogP contribution in [-0.4, -0.2) is 25.7 Å². The van der Waals surface area contributed by atoms with Crippen molar-refractivity contribution >= 4 is 17.2 Å². The number of hydrogen-bond acceptors (Lipinski definition) is 3. The van der Waals surface area contributed by atoms with Crippen LogP contribution in [0.1, 0.15) is 24.1 Å². The minimum Gasteiger partial charge on any atom is -0.381 e. The lowest BCUT2D eigenvalue weighted by atomic mass is 10.1. The zero-order valence-corrected chi connectivity index (χ0v) is 13.1. The molecule has 114 valence electrons. The molecule has 0 spiro atoms. The molecule has 1 unspecified atom stereocenters. The highest BCUT2D eigenvalue weighted by atomic mass is 32.1. The number of thiophene rings is 1. The van der Waals surface area contributed by atoms with Crippen LogP contribution in [0.4, 0.5) is 0 Å².